The van der Waals surface area contributed by atoms with Crippen molar-refractivity contribution < 1.29 is 4.79 Å². The third-order valence-electron chi connectivity index (χ3n) is 3.23. The van der Waals surface area contributed by atoms with Gasteiger partial charge in [0.2, 0.25) is 0 Å². The van der Waals surface area contributed by atoms with Gasteiger partial charge in [0.05, 0.1) is 27.4 Å². The van der Waals surface area contributed by atoms with Gasteiger partial charge in [-0.25, -0.2) is 4.98 Å². The summed E-state index contributed by atoms with van der Waals surface area (Å²) < 4.78 is 0.507. The number of rotatable bonds is 3. The van der Waals surface area contributed by atoms with E-state index in [1.807, 2.05) is 29.0 Å². The minimum absolute atomic E-state index is 0.135. The minimum atomic E-state index is -0.135. The number of thiophene rings is 1. The SMILES string of the molecule is O=C1/C(=C\c2csc(-c3cccs3)n2)SC(=S)N1c1cccnc1. The molecule has 1 fully saturated rings. The summed E-state index contributed by atoms with van der Waals surface area (Å²) in [5, 5.41) is 4.93. The fourth-order valence-corrected chi connectivity index (χ4v) is 5.05. The number of anilines is 1. The average Bonchev–Trinajstić information content (AvgIpc) is 3.31. The standard InChI is InChI=1S/C16H9N3OS4/c20-15-13(24-16(21)19(15)11-3-1-5-17-8-11)7-10-9-23-14(18-10)12-4-2-6-22-12/h1-9H/b13-7+. The first-order chi connectivity index (χ1) is 11.7. The lowest BCUT2D eigenvalue weighted by Gasteiger charge is -2.13. The topological polar surface area (TPSA) is 46.1 Å². The second-order valence-corrected chi connectivity index (χ2v) is 8.26. The van der Waals surface area contributed by atoms with Gasteiger partial charge in [-0.3, -0.25) is 14.7 Å². The van der Waals surface area contributed by atoms with Gasteiger partial charge in [-0.05, 0) is 29.7 Å². The number of hydrogen-bond acceptors (Lipinski definition) is 7. The number of aromatic nitrogens is 2. The lowest BCUT2D eigenvalue weighted by atomic mass is 10.3. The highest BCUT2D eigenvalue weighted by Crippen LogP contribution is 2.36. The van der Waals surface area contributed by atoms with E-state index in [1.165, 1.54) is 16.7 Å². The number of carbonyl (C=O) groups is 1. The molecule has 0 bridgehead atoms. The van der Waals surface area contributed by atoms with Gasteiger partial charge in [0.15, 0.2) is 4.32 Å². The van der Waals surface area contributed by atoms with Crippen molar-refractivity contribution in [1.82, 2.24) is 9.97 Å². The molecular formula is C16H9N3OS4. The minimum Gasteiger partial charge on any atom is -0.268 e. The van der Waals surface area contributed by atoms with E-state index < -0.39 is 0 Å². The summed E-state index contributed by atoms with van der Waals surface area (Å²) in [7, 11) is 0. The molecule has 0 spiro atoms. The normalized spacial score (nSPS) is 16.3. The average molecular weight is 388 g/mol. The van der Waals surface area contributed by atoms with Gasteiger partial charge in [0.25, 0.3) is 5.91 Å². The third-order valence-corrected chi connectivity index (χ3v) is 6.43. The molecule has 0 atom stereocenters. The molecule has 0 radical (unpaired) electrons. The Bertz CT molecular complexity index is 931. The maximum absolute atomic E-state index is 12.7. The van der Waals surface area contributed by atoms with Crippen LogP contribution in [0.25, 0.3) is 16.0 Å². The Morgan fingerprint density at radius 2 is 2.12 bits per heavy atom. The van der Waals surface area contributed by atoms with E-state index in [-0.39, 0.29) is 5.91 Å². The van der Waals surface area contributed by atoms with E-state index in [9.17, 15) is 4.79 Å². The quantitative estimate of drug-likeness (QED) is 0.483. The molecule has 0 aromatic carbocycles. The molecule has 1 saturated heterocycles. The largest absolute Gasteiger partial charge is 0.270 e. The van der Waals surface area contributed by atoms with E-state index in [1.54, 1.807) is 47.2 Å². The van der Waals surface area contributed by atoms with Crippen LogP contribution in [0.2, 0.25) is 0 Å². The second kappa shape index (κ2) is 6.56. The number of thioether (sulfide) groups is 1. The van der Waals surface area contributed by atoms with Crippen molar-refractivity contribution in [2.75, 3.05) is 4.90 Å². The number of thiazole rings is 1. The van der Waals surface area contributed by atoms with Crippen LogP contribution in [-0.4, -0.2) is 20.2 Å². The molecule has 4 heterocycles. The summed E-state index contributed by atoms with van der Waals surface area (Å²) in [5.74, 6) is -0.135. The zero-order valence-corrected chi connectivity index (χ0v) is 15.3. The first kappa shape index (κ1) is 15.6. The van der Waals surface area contributed by atoms with Gasteiger partial charge in [-0.1, -0.05) is 30.0 Å². The molecule has 1 aliphatic rings. The Morgan fingerprint density at radius 1 is 1.21 bits per heavy atom. The predicted molar refractivity (Wildman–Crippen MR) is 105 cm³/mol. The Kier molecular flexibility index (Phi) is 4.28. The molecule has 0 aliphatic carbocycles. The van der Waals surface area contributed by atoms with Crippen molar-refractivity contribution in [1.29, 1.82) is 0 Å². The number of thiocarbonyl (C=S) groups is 1. The number of amides is 1. The summed E-state index contributed by atoms with van der Waals surface area (Å²) in [6, 6.07) is 7.64. The molecule has 0 saturated carbocycles. The molecule has 24 heavy (non-hydrogen) atoms. The summed E-state index contributed by atoms with van der Waals surface area (Å²) in [5.41, 5.74) is 1.45. The summed E-state index contributed by atoms with van der Waals surface area (Å²) in [6.07, 6.45) is 5.09. The van der Waals surface area contributed by atoms with Crippen LogP contribution in [0.5, 0.6) is 0 Å². The van der Waals surface area contributed by atoms with Crippen molar-refractivity contribution in [3.63, 3.8) is 0 Å². The van der Waals surface area contributed by atoms with E-state index in [4.69, 9.17) is 12.2 Å². The highest BCUT2D eigenvalue weighted by molar-refractivity contribution is 8.27. The van der Waals surface area contributed by atoms with E-state index >= 15 is 0 Å². The highest BCUT2D eigenvalue weighted by atomic mass is 32.2. The predicted octanol–water partition coefficient (Wildman–Crippen LogP) is 4.67. The van der Waals surface area contributed by atoms with Crippen LogP contribution in [0.1, 0.15) is 5.69 Å². The summed E-state index contributed by atoms with van der Waals surface area (Å²) >= 11 is 9.85. The third kappa shape index (κ3) is 2.93. The fourth-order valence-electron chi connectivity index (χ4n) is 2.18. The van der Waals surface area contributed by atoms with Crippen molar-refractivity contribution in [2.24, 2.45) is 0 Å². The van der Waals surface area contributed by atoms with Crippen molar-refractivity contribution in [2.45, 2.75) is 0 Å². The number of nitrogens with zero attached hydrogens (tertiary/aromatic N) is 3. The van der Waals surface area contributed by atoms with Gasteiger partial charge in [0, 0.05) is 11.6 Å². The molecular weight excluding hydrogens is 378 g/mol. The lowest BCUT2D eigenvalue weighted by Crippen LogP contribution is -2.27. The maximum atomic E-state index is 12.7. The van der Waals surface area contributed by atoms with Gasteiger partial charge in [-0.2, -0.15) is 0 Å². The van der Waals surface area contributed by atoms with Gasteiger partial charge >= 0.3 is 0 Å². The van der Waals surface area contributed by atoms with Crippen molar-refractivity contribution in [3.05, 3.63) is 58.0 Å². The molecule has 1 amide bonds. The van der Waals surface area contributed by atoms with Crippen LogP contribution in [0.3, 0.4) is 0 Å². The Hall–Kier alpha value is -1.87. The molecule has 0 N–H and O–H groups in total. The molecule has 4 nitrogen and oxygen atoms in total. The van der Waals surface area contributed by atoms with Crippen molar-refractivity contribution in [3.8, 4) is 9.88 Å². The first-order valence-electron chi connectivity index (χ1n) is 6.90. The summed E-state index contributed by atoms with van der Waals surface area (Å²) in [6.45, 7) is 0. The van der Waals surface area contributed by atoms with Crippen LogP contribution in [-0.2, 0) is 4.79 Å². The van der Waals surface area contributed by atoms with Crippen LogP contribution in [0.4, 0.5) is 5.69 Å². The molecule has 4 rings (SSSR count). The van der Waals surface area contributed by atoms with E-state index in [0.29, 0.717) is 14.9 Å². The Balaban J connectivity index is 1.62. The Labute approximate surface area is 155 Å². The first-order valence-corrected chi connectivity index (χ1v) is 9.88. The van der Waals surface area contributed by atoms with Crippen LogP contribution in [0, 0.1) is 0 Å². The van der Waals surface area contributed by atoms with E-state index in [0.717, 1.165) is 15.6 Å². The molecule has 3 aromatic rings. The molecule has 3 aromatic heterocycles. The van der Waals surface area contributed by atoms with E-state index in [2.05, 4.69) is 9.97 Å². The van der Waals surface area contributed by atoms with Gasteiger partial charge < -0.3 is 0 Å². The fraction of sp³-hybridized carbons (Fsp3) is 0. The van der Waals surface area contributed by atoms with Gasteiger partial charge in [0.1, 0.15) is 5.01 Å². The van der Waals surface area contributed by atoms with Crippen LogP contribution < -0.4 is 4.90 Å². The monoisotopic (exact) mass is 387 g/mol. The zero-order valence-electron chi connectivity index (χ0n) is 12.1. The summed E-state index contributed by atoms with van der Waals surface area (Å²) in [4.78, 5) is 24.5. The molecule has 0 unspecified atom stereocenters. The lowest BCUT2D eigenvalue weighted by molar-refractivity contribution is -0.113. The van der Waals surface area contributed by atoms with Gasteiger partial charge in [-0.15, -0.1) is 22.7 Å². The molecule has 8 heteroatoms. The number of carbonyl (C=O) groups excluding carboxylic acids is 1. The smallest absolute Gasteiger partial charge is 0.268 e. The maximum Gasteiger partial charge on any atom is 0.270 e. The number of pyridine rings is 1. The molecule has 118 valence electrons. The highest BCUT2D eigenvalue weighted by Gasteiger charge is 2.33. The van der Waals surface area contributed by atoms with Crippen LogP contribution >= 0.6 is 46.7 Å². The van der Waals surface area contributed by atoms with Crippen molar-refractivity contribution >= 4 is 68.6 Å². The second-order valence-electron chi connectivity index (χ2n) is 4.78. The Morgan fingerprint density at radius 3 is 2.88 bits per heavy atom. The van der Waals surface area contributed by atoms with Crippen LogP contribution in [0.15, 0.2) is 52.3 Å². The molecule has 1 aliphatic heterocycles. The zero-order chi connectivity index (χ0) is 16.5. The number of hydrogen-bond donors (Lipinski definition) is 0.